The Morgan fingerprint density at radius 1 is 1.27 bits per heavy atom. The standard InChI is InChI=1S/C11H18N2O2/c1-7-5-6-8(14-7)9-12-10(13-15-9)11(2,3)4/h7-8H,5-6H2,1-4H3/t7-,8+/m1/s1. The quantitative estimate of drug-likeness (QED) is 0.714. The fraction of sp³-hybridized carbons (Fsp3) is 0.818. The zero-order chi connectivity index (χ0) is 11.1. The van der Waals surface area contributed by atoms with E-state index in [0.29, 0.717) is 12.0 Å². The maximum atomic E-state index is 5.68. The molecule has 2 rings (SSSR count). The van der Waals surface area contributed by atoms with Crippen LogP contribution in [0.3, 0.4) is 0 Å². The second-order valence-electron chi connectivity index (χ2n) is 5.22. The van der Waals surface area contributed by atoms with E-state index in [1.54, 1.807) is 0 Å². The molecule has 0 N–H and O–H groups in total. The molecule has 84 valence electrons. The molecular weight excluding hydrogens is 192 g/mol. The zero-order valence-corrected chi connectivity index (χ0v) is 9.78. The molecule has 0 bridgehead atoms. The van der Waals surface area contributed by atoms with Gasteiger partial charge in [0.1, 0.15) is 6.10 Å². The summed E-state index contributed by atoms with van der Waals surface area (Å²) in [6.45, 7) is 8.28. The third-order valence-corrected chi connectivity index (χ3v) is 2.62. The van der Waals surface area contributed by atoms with Crippen LogP contribution in [0.25, 0.3) is 0 Å². The molecule has 1 aliphatic heterocycles. The molecular formula is C11H18N2O2. The smallest absolute Gasteiger partial charge is 0.255 e. The maximum absolute atomic E-state index is 5.68. The highest BCUT2D eigenvalue weighted by Gasteiger charge is 2.30. The van der Waals surface area contributed by atoms with Crippen molar-refractivity contribution in [3.8, 4) is 0 Å². The summed E-state index contributed by atoms with van der Waals surface area (Å²) in [7, 11) is 0. The van der Waals surface area contributed by atoms with E-state index in [0.717, 1.165) is 18.7 Å². The molecule has 1 aliphatic rings. The largest absolute Gasteiger partial charge is 0.365 e. The van der Waals surface area contributed by atoms with Gasteiger partial charge in [0.15, 0.2) is 5.82 Å². The maximum Gasteiger partial charge on any atom is 0.255 e. The summed E-state index contributed by atoms with van der Waals surface area (Å²) in [5, 5.41) is 3.99. The third-order valence-electron chi connectivity index (χ3n) is 2.62. The average Bonchev–Trinajstić information content (AvgIpc) is 2.69. The van der Waals surface area contributed by atoms with Crippen LogP contribution in [-0.2, 0) is 10.2 Å². The zero-order valence-electron chi connectivity index (χ0n) is 9.78. The van der Waals surface area contributed by atoms with Gasteiger partial charge in [0.05, 0.1) is 6.10 Å². The Hall–Kier alpha value is -0.900. The van der Waals surface area contributed by atoms with Crippen molar-refractivity contribution >= 4 is 0 Å². The van der Waals surface area contributed by atoms with E-state index in [1.807, 2.05) is 0 Å². The van der Waals surface area contributed by atoms with Crippen LogP contribution in [-0.4, -0.2) is 16.2 Å². The molecule has 1 aromatic rings. The Kier molecular flexibility index (Phi) is 2.54. The molecule has 0 aromatic carbocycles. The van der Waals surface area contributed by atoms with Crippen LogP contribution in [0.15, 0.2) is 4.52 Å². The first-order valence-electron chi connectivity index (χ1n) is 5.46. The minimum atomic E-state index is -0.0635. The summed E-state index contributed by atoms with van der Waals surface area (Å²) < 4.78 is 10.9. The van der Waals surface area contributed by atoms with E-state index in [-0.39, 0.29) is 11.5 Å². The van der Waals surface area contributed by atoms with Crippen LogP contribution in [0.1, 0.15) is 58.4 Å². The van der Waals surface area contributed by atoms with Gasteiger partial charge in [-0.1, -0.05) is 25.9 Å². The molecule has 2 atom stereocenters. The van der Waals surface area contributed by atoms with E-state index in [1.165, 1.54) is 0 Å². The molecule has 0 amide bonds. The van der Waals surface area contributed by atoms with Gasteiger partial charge in [0.2, 0.25) is 0 Å². The number of rotatable bonds is 1. The van der Waals surface area contributed by atoms with Gasteiger partial charge in [0.25, 0.3) is 5.89 Å². The van der Waals surface area contributed by atoms with E-state index in [4.69, 9.17) is 9.26 Å². The van der Waals surface area contributed by atoms with Crippen molar-refractivity contribution in [2.24, 2.45) is 0 Å². The second-order valence-corrected chi connectivity index (χ2v) is 5.22. The molecule has 1 fully saturated rings. The first-order chi connectivity index (χ1) is 6.97. The van der Waals surface area contributed by atoms with Gasteiger partial charge in [-0.25, -0.2) is 0 Å². The Morgan fingerprint density at radius 3 is 2.47 bits per heavy atom. The number of aromatic nitrogens is 2. The lowest BCUT2D eigenvalue weighted by molar-refractivity contribution is 0.0355. The van der Waals surface area contributed by atoms with Crippen LogP contribution < -0.4 is 0 Å². The molecule has 2 heterocycles. The van der Waals surface area contributed by atoms with E-state index >= 15 is 0 Å². The predicted octanol–water partition coefficient (Wildman–Crippen LogP) is 2.61. The molecule has 1 saturated heterocycles. The lowest BCUT2D eigenvalue weighted by Gasteiger charge is -2.11. The summed E-state index contributed by atoms with van der Waals surface area (Å²) in [5.41, 5.74) is -0.0635. The summed E-state index contributed by atoms with van der Waals surface area (Å²) in [4.78, 5) is 4.40. The topological polar surface area (TPSA) is 48.2 Å². The molecule has 0 saturated carbocycles. The molecule has 1 aromatic heterocycles. The molecule has 4 nitrogen and oxygen atoms in total. The third kappa shape index (κ3) is 2.20. The first-order valence-corrected chi connectivity index (χ1v) is 5.46. The lowest BCUT2D eigenvalue weighted by atomic mass is 9.96. The van der Waals surface area contributed by atoms with Crippen LogP contribution in [0.5, 0.6) is 0 Å². The second kappa shape index (κ2) is 3.59. The number of hydrogen-bond acceptors (Lipinski definition) is 4. The summed E-state index contributed by atoms with van der Waals surface area (Å²) >= 11 is 0. The number of hydrogen-bond donors (Lipinski definition) is 0. The Labute approximate surface area is 90.0 Å². The Bertz CT molecular complexity index is 341. The molecule has 0 radical (unpaired) electrons. The van der Waals surface area contributed by atoms with Crippen molar-refractivity contribution in [1.29, 1.82) is 0 Å². The van der Waals surface area contributed by atoms with Crippen molar-refractivity contribution in [3.05, 3.63) is 11.7 Å². The molecule has 15 heavy (non-hydrogen) atoms. The Morgan fingerprint density at radius 2 is 2.00 bits per heavy atom. The van der Waals surface area contributed by atoms with E-state index in [2.05, 4.69) is 37.8 Å². The number of ether oxygens (including phenoxy) is 1. The average molecular weight is 210 g/mol. The molecule has 0 unspecified atom stereocenters. The van der Waals surface area contributed by atoms with Gasteiger partial charge < -0.3 is 9.26 Å². The fourth-order valence-electron chi connectivity index (χ4n) is 1.65. The predicted molar refractivity (Wildman–Crippen MR) is 55.5 cm³/mol. The van der Waals surface area contributed by atoms with Crippen LogP contribution >= 0.6 is 0 Å². The summed E-state index contributed by atoms with van der Waals surface area (Å²) in [5.74, 6) is 1.38. The van der Waals surface area contributed by atoms with E-state index < -0.39 is 0 Å². The Balaban J connectivity index is 2.14. The summed E-state index contributed by atoms with van der Waals surface area (Å²) in [6, 6.07) is 0. The first kappa shape index (κ1) is 10.6. The van der Waals surface area contributed by atoms with Crippen molar-refractivity contribution in [3.63, 3.8) is 0 Å². The van der Waals surface area contributed by atoms with Crippen molar-refractivity contribution in [1.82, 2.24) is 10.1 Å². The van der Waals surface area contributed by atoms with Crippen molar-refractivity contribution in [2.75, 3.05) is 0 Å². The SMILES string of the molecule is C[C@@H]1CC[C@@H](c2nc(C(C)(C)C)no2)O1. The minimum absolute atomic E-state index is 0.00333. The highest BCUT2D eigenvalue weighted by Crippen LogP contribution is 2.32. The van der Waals surface area contributed by atoms with Crippen LogP contribution in [0.2, 0.25) is 0 Å². The minimum Gasteiger partial charge on any atom is -0.365 e. The number of nitrogens with zero attached hydrogens (tertiary/aromatic N) is 2. The van der Waals surface area contributed by atoms with Crippen molar-refractivity contribution < 1.29 is 9.26 Å². The van der Waals surface area contributed by atoms with Gasteiger partial charge >= 0.3 is 0 Å². The highest BCUT2D eigenvalue weighted by molar-refractivity contribution is 5.02. The van der Waals surface area contributed by atoms with Gasteiger partial charge in [0, 0.05) is 5.41 Å². The molecule has 4 heteroatoms. The van der Waals surface area contributed by atoms with Gasteiger partial charge in [-0.15, -0.1) is 0 Å². The monoisotopic (exact) mass is 210 g/mol. The van der Waals surface area contributed by atoms with Gasteiger partial charge in [-0.05, 0) is 19.8 Å². The lowest BCUT2D eigenvalue weighted by Crippen LogP contribution is -2.13. The van der Waals surface area contributed by atoms with Crippen LogP contribution in [0.4, 0.5) is 0 Å². The fourth-order valence-corrected chi connectivity index (χ4v) is 1.65. The van der Waals surface area contributed by atoms with E-state index in [9.17, 15) is 0 Å². The highest BCUT2D eigenvalue weighted by atomic mass is 16.5. The normalized spacial score (nSPS) is 27.2. The van der Waals surface area contributed by atoms with Crippen molar-refractivity contribution in [2.45, 2.75) is 58.2 Å². The van der Waals surface area contributed by atoms with Gasteiger partial charge in [-0.2, -0.15) is 4.98 Å². The molecule has 0 aliphatic carbocycles. The molecule has 0 spiro atoms. The van der Waals surface area contributed by atoms with Gasteiger partial charge in [-0.3, -0.25) is 0 Å². The van der Waals surface area contributed by atoms with Crippen LogP contribution in [0, 0.1) is 0 Å². The summed E-state index contributed by atoms with van der Waals surface area (Å²) in [6.07, 6.45) is 2.36.